The molecule has 1 N–H and O–H groups in total. The van der Waals surface area contributed by atoms with E-state index in [1.807, 2.05) is 0 Å². The molecule has 0 bridgehead atoms. The molecule has 0 aliphatic rings. The predicted octanol–water partition coefficient (Wildman–Crippen LogP) is 3.33. The summed E-state index contributed by atoms with van der Waals surface area (Å²) < 4.78 is 31.4. The van der Waals surface area contributed by atoms with Crippen LogP contribution in [0.2, 0.25) is 0 Å². The monoisotopic (exact) mass is 428 g/mol. The predicted molar refractivity (Wildman–Crippen MR) is 114 cm³/mol. The van der Waals surface area contributed by atoms with Crippen molar-refractivity contribution in [1.82, 2.24) is 0 Å². The molecule has 0 rings (SSSR count). The standard InChI is InChI=1S/C22H46O4S.Na/c1-2-3-4-5-6-7-8-9-10-13-16-19-22(23)20-17-14-11-12-15-18-21-27(24,25)26;/h22-23H,2-21H2,1H3,(H,24,25,26);/q;+1/p-1. The van der Waals surface area contributed by atoms with Crippen LogP contribution in [0, 0.1) is 0 Å². The summed E-state index contributed by atoms with van der Waals surface area (Å²) in [5.74, 6) is -0.231. The van der Waals surface area contributed by atoms with Crippen LogP contribution >= 0.6 is 0 Å². The first-order chi connectivity index (χ1) is 13.0. The summed E-state index contributed by atoms with van der Waals surface area (Å²) in [5.41, 5.74) is 0. The van der Waals surface area contributed by atoms with Crippen LogP contribution in [-0.4, -0.2) is 29.9 Å². The Balaban J connectivity index is 0. The quantitative estimate of drug-likeness (QED) is 0.173. The van der Waals surface area contributed by atoms with Gasteiger partial charge in [-0.05, 0) is 19.3 Å². The van der Waals surface area contributed by atoms with Crippen molar-refractivity contribution in [2.24, 2.45) is 0 Å². The van der Waals surface area contributed by atoms with E-state index in [2.05, 4.69) is 6.92 Å². The zero-order valence-corrected chi connectivity index (χ0v) is 21.6. The molecular weight excluding hydrogens is 383 g/mol. The van der Waals surface area contributed by atoms with Gasteiger partial charge >= 0.3 is 29.6 Å². The molecule has 0 saturated carbocycles. The second-order valence-electron chi connectivity index (χ2n) is 8.15. The van der Waals surface area contributed by atoms with E-state index in [-0.39, 0.29) is 41.4 Å². The first-order valence-corrected chi connectivity index (χ1v) is 13.1. The van der Waals surface area contributed by atoms with E-state index in [4.69, 9.17) is 0 Å². The van der Waals surface area contributed by atoms with E-state index < -0.39 is 10.1 Å². The molecule has 164 valence electrons. The minimum Gasteiger partial charge on any atom is -0.748 e. The van der Waals surface area contributed by atoms with E-state index in [0.717, 1.165) is 51.4 Å². The molecule has 1 atom stereocenters. The smallest absolute Gasteiger partial charge is 0.748 e. The minimum atomic E-state index is -4.04. The molecule has 6 heteroatoms. The maximum absolute atomic E-state index is 10.5. The largest absolute Gasteiger partial charge is 1.00 e. The molecule has 0 amide bonds. The molecule has 0 aliphatic heterocycles. The van der Waals surface area contributed by atoms with Crippen molar-refractivity contribution in [1.29, 1.82) is 0 Å². The van der Waals surface area contributed by atoms with Gasteiger partial charge in [0, 0.05) is 5.75 Å². The summed E-state index contributed by atoms with van der Waals surface area (Å²) >= 11 is 0. The van der Waals surface area contributed by atoms with Gasteiger partial charge in [-0.1, -0.05) is 110 Å². The first kappa shape index (κ1) is 31.1. The van der Waals surface area contributed by atoms with Crippen LogP contribution in [0.1, 0.15) is 129 Å². The number of aliphatic hydroxyl groups is 1. The van der Waals surface area contributed by atoms with E-state index in [0.29, 0.717) is 6.42 Å². The summed E-state index contributed by atoms with van der Waals surface area (Å²) in [6, 6.07) is 0. The van der Waals surface area contributed by atoms with Gasteiger partial charge in [0.15, 0.2) is 0 Å². The molecule has 28 heavy (non-hydrogen) atoms. The topological polar surface area (TPSA) is 77.4 Å². The number of unbranched alkanes of at least 4 members (excludes halogenated alkanes) is 15. The van der Waals surface area contributed by atoms with E-state index >= 15 is 0 Å². The van der Waals surface area contributed by atoms with Crippen LogP contribution in [0.4, 0.5) is 0 Å². The summed E-state index contributed by atoms with van der Waals surface area (Å²) in [6.45, 7) is 2.26. The molecule has 0 aromatic carbocycles. The SMILES string of the molecule is CCCCCCCCCCCCCC(O)CCCCCCCCS(=O)(=O)[O-].[Na+]. The maximum Gasteiger partial charge on any atom is 1.00 e. The van der Waals surface area contributed by atoms with Crippen LogP contribution in [0.15, 0.2) is 0 Å². The number of hydrogen-bond donors (Lipinski definition) is 1. The maximum atomic E-state index is 10.5. The fourth-order valence-electron chi connectivity index (χ4n) is 3.55. The van der Waals surface area contributed by atoms with E-state index in [1.165, 1.54) is 64.2 Å². The Kier molecular flexibility index (Phi) is 25.0. The molecule has 0 aromatic rings. The Bertz CT molecular complexity index is 401. The Hall–Kier alpha value is 0.870. The van der Waals surface area contributed by atoms with Crippen molar-refractivity contribution in [3.63, 3.8) is 0 Å². The normalized spacial score (nSPS) is 12.7. The van der Waals surface area contributed by atoms with Gasteiger partial charge in [0.1, 0.15) is 0 Å². The third kappa shape index (κ3) is 26.9. The van der Waals surface area contributed by atoms with Gasteiger partial charge in [-0.3, -0.25) is 0 Å². The van der Waals surface area contributed by atoms with Crippen molar-refractivity contribution in [3.8, 4) is 0 Å². The Morgan fingerprint density at radius 3 is 1.32 bits per heavy atom. The van der Waals surface area contributed by atoms with Crippen molar-refractivity contribution in [2.75, 3.05) is 5.75 Å². The van der Waals surface area contributed by atoms with Gasteiger partial charge in [-0.15, -0.1) is 0 Å². The number of aliphatic hydroxyl groups excluding tert-OH is 1. The first-order valence-electron chi connectivity index (χ1n) is 11.6. The molecule has 0 saturated heterocycles. The molecule has 4 nitrogen and oxygen atoms in total. The van der Waals surface area contributed by atoms with Crippen molar-refractivity contribution >= 4 is 10.1 Å². The van der Waals surface area contributed by atoms with Crippen molar-refractivity contribution in [3.05, 3.63) is 0 Å². The average Bonchev–Trinajstić information content (AvgIpc) is 2.61. The van der Waals surface area contributed by atoms with Crippen LogP contribution in [0.5, 0.6) is 0 Å². The third-order valence-corrected chi connectivity index (χ3v) is 6.11. The molecule has 0 heterocycles. The van der Waals surface area contributed by atoms with Crippen molar-refractivity contribution in [2.45, 2.75) is 135 Å². The average molecular weight is 429 g/mol. The fraction of sp³-hybridized carbons (Fsp3) is 1.00. The summed E-state index contributed by atoms with van der Waals surface area (Å²) in [6.07, 6.45) is 21.8. The summed E-state index contributed by atoms with van der Waals surface area (Å²) in [7, 11) is -4.04. The van der Waals surface area contributed by atoms with Crippen LogP contribution in [-0.2, 0) is 10.1 Å². The van der Waals surface area contributed by atoms with Crippen LogP contribution in [0.25, 0.3) is 0 Å². The van der Waals surface area contributed by atoms with Gasteiger partial charge in [0.25, 0.3) is 0 Å². The number of rotatable bonds is 21. The summed E-state index contributed by atoms with van der Waals surface area (Å²) in [5, 5.41) is 10.0. The van der Waals surface area contributed by atoms with E-state index in [1.54, 1.807) is 0 Å². The number of hydrogen-bond acceptors (Lipinski definition) is 4. The molecule has 1 unspecified atom stereocenters. The van der Waals surface area contributed by atoms with Gasteiger partial charge in [-0.2, -0.15) is 0 Å². The molecule has 0 aliphatic carbocycles. The second kappa shape index (κ2) is 22.6. The third-order valence-electron chi connectivity index (χ3n) is 5.32. The van der Waals surface area contributed by atoms with Crippen LogP contribution < -0.4 is 29.6 Å². The van der Waals surface area contributed by atoms with Gasteiger partial charge < -0.3 is 9.66 Å². The van der Waals surface area contributed by atoms with Crippen LogP contribution in [0.3, 0.4) is 0 Å². The van der Waals surface area contributed by atoms with Gasteiger partial charge in [0.2, 0.25) is 0 Å². The van der Waals surface area contributed by atoms with Crippen molar-refractivity contribution < 1.29 is 47.6 Å². The minimum absolute atomic E-state index is 0. The zero-order chi connectivity index (χ0) is 20.2. The second-order valence-corrected chi connectivity index (χ2v) is 9.67. The van der Waals surface area contributed by atoms with E-state index in [9.17, 15) is 18.1 Å². The Morgan fingerprint density at radius 1 is 0.643 bits per heavy atom. The fourth-order valence-corrected chi connectivity index (χ4v) is 4.11. The molecule has 0 fully saturated rings. The molecule has 0 aromatic heterocycles. The van der Waals surface area contributed by atoms with Gasteiger partial charge in [-0.25, -0.2) is 8.42 Å². The molecule has 0 spiro atoms. The van der Waals surface area contributed by atoms with Gasteiger partial charge in [0.05, 0.1) is 16.2 Å². The Labute approximate surface area is 197 Å². The Morgan fingerprint density at radius 2 is 0.964 bits per heavy atom. The zero-order valence-electron chi connectivity index (χ0n) is 18.8. The molecule has 0 radical (unpaired) electrons. The molecular formula is C22H45NaO4S. The summed E-state index contributed by atoms with van der Waals surface area (Å²) in [4.78, 5) is 0.